The molecule has 1 aliphatic rings. The lowest BCUT2D eigenvalue weighted by molar-refractivity contribution is 0.0784. The van der Waals surface area contributed by atoms with E-state index >= 15 is 0 Å². The first-order valence-electron chi connectivity index (χ1n) is 8.81. The summed E-state index contributed by atoms with van der Waals surface area (Å²) < 4.78 is 5.27. The van der Waals surface area contributed by atoms with E-state index in [4.69, 9.17) is 4.74 Å². The summed E-state index contributed by atoms with van der Waals surface area (Å²) >= 11 is 0. The van der Waals surface area contributed by atoms with Crippen LogP contribution in [0.25, 0.3) is 11.3 Å². The summed E-state index contributed by atoms with van der Waals surface area (Å²) in [4.78, 5) is 46.1. The molecule has 0 radical (unpaired) electrons. The number of hydrogen-bond acceptors (Lipinski definition) is 7. The Morgan fingerprint density at radius 1 is 1.29 bits per heavy atom. The number of ether oxygens (including phenoxy) is 1. The number of carbonyl (C=O) groups is 1. The molecule has 0 aliphatic carbocycles. The number of likely N-dealkylation sites (tertiary alicyclic amines) is 1. The van der Waals surface area contributed by atoms with E-state index in [-0.39, 0.29) is 17.4 Å². The molecule has 142 valence electrons. The van der Waals surface area contributed by atoms with Gasteiger partial charge in [-0.05, 0) is 18.6 Å². The van der Waals surface area contributed by atoms with Gasteiger partial charge in [-0.25, -0.2) is 15.0 Å². The van der Waals surface area contributed by atoms with E-state index in [0.717, 1.165) is 0 Å². The lowest BCUT2D eigenvalue weighted by Crippen LogP contribution is -2.29. The van der Waals surface area contributed by atoms with Gasteiger partial charge >= 0.3 is 0 Å². The number of hydrogen-bond donors (Lipinski definition) is 1. The fourth-order valence-corrected chi connectivity index (χ4v) is 3.30. The number of rotatable bonds is 4. The van der Waals surface area contributed by atoms with Crippen LogP contribution >= 0.6 is 0 Å². The van der Waals surface area contributed by atoms with E-state index in [1.807, 2.05) is 0 Å². The number of aromatic amines is 1. The summed E-state index contributed by atoms with van der Waals surface area (Å²) in [6.45, 7) is 1.01. The third-order valence-corrected chi connectivity index (χ3v) is 4.64. The fraction of sp³-hybridized carbons (Fsp3) is 0.263. The van der Waals surface area contributed by atoms with Crippen molar-refractivity contribution in [1.29, 1.82) is 0 Å². The van der Waals surface area contributed by atoms with Gasteiger partial charge in [0.05, 0.1) is 24.6 Å². The summed E-state index contributed by atoms with van der Waals surface area (Å²) in [6, 6.07) is 4.98. The van der Waals surface area contributed by atoms with Crippen LogP contribution in [0.1, 0.15) is 28.7 Å². The summed E-state index contributed by atoms with van der Waals surface area (Å²) in [5, 5.41) is 0. The van der Waals surface area contributed by atoms with Gasteiger partial charge in [0.2, 0.25) is 5.88 Å². The van der Waals surface area contributed by atoms with Gasteiger partial charge in [0.25, 0.3) is 11.5 Å². The van der Waals surface area contributed by atoms with Gasteiger partial charge in [-0.3, -0.25) is 14.6 Å². The Kier molecular flexibility index (Phi) is 4.79. The maximum absolute atomic E-state index is 12.6. The number of nitrogens with zero attached hydrogens (tertiary/aromatic N) is 5. The first kappa shape index (κ1) is 17.8. The van der Waals surface area contributed by atoms with Crippen LogP contribution < -0.4 is 10.3 Å². The van der Waals surface area contributed by atoms with Crippen molar-refractivity contribution in [3.05, 3.63) is 64.9 Å². The molecule has 3 aromatic heterocycles. The molecule has 0 spiro atoms. The molecule has 1 aliphatic heterocycles. The van der Waals surface area contributed by atoms with Crippen molar-refractivity contribution < 1.29 is 9.53 Å². The zero-order valence-electron chi connectivity index (χ0n) is 15.2. The SMILES string of the molecule is COc1ncccc1-c1cc(=O)[nH]c(C2CCN(C(=O)c3cnccn3)C2)n1. The molecule has 0 saturated carbocycles. The molecule has 28 heavy (non-hydrogen) atoms. The van der Waals surface area contributed by atoms with E-state index in [9.17, 15) is 9.59 Å². The standard InChI is InChI=1S/C19H18N6O3/c1-28-18-13(3-2-5-22-18)14-9-16(26)24-17(23-14)12-4-8-25(11-12)19(27)15-10-20-6-7-21-15/h2-3,5-7,9-10,12H,4,8,11H2,1H3,(H,23,24,26). The number of pyridine rings is 1. The minimum absolute atomic E-state index is 0.0732. The third-order valence-electron chi connectivity index (χ3n) is 4.64. The number of H-pyrrole nitrogens is 1. The van der Waals surface area contributed by atoms with Crippen LogP contribution in [-0.4, -0.2) is 55.9 Å². The number of nitrogens with one attached hydrogen (secondary N) is 1. The van der Waals surface area contributed by atoms with Crippen LogP contribution in [0.5, 0.6) is 5.88 Å². The molecule has 1 N–H and O–H groups in total. The number of methoxy groups -OCH3 is 1. The highest BCUT2D eigenvalue weighted by molar-refractivity contribution is 5.92. The van der Waals surface area contributed by atoms with Crippen molar-refractivity contribution in [3.8, 4) is 17.1 Å². The van der Waals surface area contributed by atoms with Gasteiger partial charge in [0, 0.05) is 43.7 Å². The quantitative estimate of drug-likeness (QED) is 0.727. The largest absolute Gasteiger partial charge is 0.481 e. The molecule has 0 bridgehead atoms. The molecule has 1 saturated heterocycles. The molecule has 4 heterocycles. The van der Waals surface area contributed by atoms with Gasteiger partial charge in [-0.15, -0.1) is 0 Å². The molecule has 9 heteroatoms. The van der Waals surface area contributed by atoms with Gasteiger partial charge in [-0.1, -0.05) is 0 Å². The molecule has 1 amide bonds. The molecule has 4 rings (SSSR count). The number of amides is 1. The van der Waals surface area contributed by atoms with Crippen LogP contribution in [0.15, 0.2) is 47.8 Å². The lowest BCUT2D eigenvalue weighted by atomic mass is 10.1. The Labute approximate surface area is 160 Å². The second-order valence-electron chi connectivity index (χ2n) is 6.40. The van der Waals surface area contributed by atoms with Crippen molar-refractivity contribution in [2.24, 2.45) is 0 Å². The van der Waals surface area contributed by atoms with Crippen molar-refractivity contribution >= 4 is 5.91 Å². The number of aromatic nitrogens is 5. The zero-order chi connectivity index (χ0) is 19.5. The predicted molar refractivity (Wildman–Crippen MR) is 99.9 cm³/mol. The van der Waals surface area contributed by atoms with Crippen LogP contribution in [-0.2, 0) is 0 Å². The summed E-state index contributed by atoms with van der Waals surface area (Å²) in [6.07, 6.45) is 6.78. The first-order chi connectivity index (χ1) is 13.7. The van der Waals surface area contributed by atoms with Gasteiger partial charge in [0.15, 0.2) is 0 Å². The molecule has 3 aromatic rings. The predicted octanol–water partition coefficient (Wildman–Crippen LogP) is 1.26. The Bertz CT molecular complexity index is 1050. The fourth-order valence-electron chi connectivity index (χ4n) is 3.30. The Morgan fingerprint density at radius 3 is 2.96 bits per heavy atom. The highest BCUT2D eigenvalue weighted by atomic mass is 16.5. The van der Waals surface area contributed by atoms with E-state index in [1.54, 1.807) is 23.2 Å². The molecule has 1 unspecified atom stereocenters. The molecule has 1 fully saturated rings. The second kappa shape index (κ2) is 7.55. The number of carbonyl (C=O) groups excluding carboxylic acids is 1. The van der Waals surface area contributed by atoms with Crippen LogP contribution in [0, 0.1) is 0 Å². The van der Waals surface area contributed by atoms with E-state index in [2.05, 4.69) is 24.9 Å². The molecular weight excluding hydrogens is 360 g/mol. The Balaban J connectivity index is 1.60. The zero-order valence-corrected chi connectivity index (χ0v) is 15.2. The normalized spacial score (nSPS) is 16.2. The first-order valence-corrected chi connectivity index (χ1v) is 8.81. The van der Waals surface area contributed by atoms with E-state index in [0.29, 0.717) is 48.2 Å². The van der Waals surface area contributed by atoms with Crippen molar-refractivity contribution in [3.63, 3.8) is 0 Å². The summed E-state index contributed by atoms with van der Waals surface area (Å²) in [7, 11) is 1.52. The average molecular weight is 378 g/mol. The van der Waals surface area contributed by atoms with Crippen molar-refractivity contribution in [2.75, 3.05) is 20.2 Å². The van der Waals surface area contributed by atoms with Crippen molar-refractivity contribution in [2.45, 2.75) is 12.3 Å². The minimum Gasteiger partial charge on any atom is -0.481 e. The molecule has 9 nitrogen and oxygen atoms in total. The Morgan fingerprint density at radius 2 is 2.18 bits per heavy atom. The van der Waals surface area contributed by atoms with E-state index < -0.39 is 0 Å². The highest BCUT2D eigenvalue weighted by Gasteiger charge is 2.30. The summed E-state index contributed by atoms with van der Waals surface area (Å²) in [5.74, 6) is 0.694. The smallest absolute Gasteiger partial charge is 0.274 e. The molecular formula is C19H18N6O3. The maximum atomic E-state index is 12.6. The van der Waals surface area contributed by atoms with Crippen LogP contribution in [0.3, 0.4) is 0 Å². The monoisotopic (exact) mass is 378 g/mol. The second-order valence-corrected chi connectivity index (χ2v) is 6.40. The van der Waals surface area contributed by atoms with Gasteiger partial charge in [-0.2, -0.15) is 0 Å². The van der Waals surface area contributed by atoms with Crippen molar-refractivity contribution in [1.82, 2.24) is 29.8 Å². The average Bonchev–Trinajstić information content (AvgIpc) is 3.23. The maximum Gasteiger partial charge on any atom is 0.274 e. The van der Waals surface area contributed by atoms with Gasteiger partial charge in [0.1, 0.15) is 11.5 Å². The van der Waals surface area contributed by atoms with Crippen LogP contribution in [0.4, 0.5) is 0 Å². The third kappa shape index (κ3) is 3.46. The Hall–Kier alpha value is -3.62. The summed E-state index contributed by atoms with van der Waals surface area (Å²) in [5.41, 5.74) is 1.17. The van der Waals surface area contributed by atoms with Crippen LogP contribution in [0.2, 0.25) is 0 Å². The molecule has 0 aromatic carbocycles. The minimum atomic E-state index is -0.260. The topological polar surface area (TPSA) is 114 Å². The molecule has 1 atom stereocenters. The highest BCUT2D eigenvalue weighted by Crippen LogP contribution is 2.29. The lowest BCUT2D eigenvalue weighted by Gasteiger charge is -2.16. The van der Waals surface area contributed by atoms with Gasteiger partial charge < -0.3 is 14.6 Å². The van der Waals surface area contributed by atoms with E-state index in [1.165, 1.54) is 31.8 Å².